The average Bonchev–Trinajstić information content (AvgIpc) is 2.67. The molecule has 92 valence electrons. The molecule has 1 aromatic heterocycles. The maximum Gasteiger partial charge on any atom is 0.0512 e. The van der Waals surface area contributed by atoms with Crippen LogP contribution >= 0.6 is 0 Å². The van der Waals surface area contributed by atoms with Crippen molar-refractivity contribution in [1.82, 2.24) is 9.88 Å². The summed E-state index contributed by atoms with van der Waals surface area (Å²) in [5, 5.41) is 4.64. The first-order chi connectivity index (χ1) is 8.27. The number of hydrogen-bond acceptors (Lipinski definition) is 1. The van der Waals surface area contributed by atoms with Gasteiger partial charge >= 0.3 is 0 Å². The van der Waals surface area contributed by atoms with Crippen molar-refractivity contribution in [1.29, 1.82) is 0 Å². The van der Waals surface area contributed by atoms with Gasteiger partial charge in [0.05, 0.1) is 5.52 Å². The van der Waals surface area contributed by atoms with Crippen molar-refractivity contribution in [3.05, 3.63) is 35.5 Å². The predicted octanol–water partition coefficient (Wildman–Crippen LogP) is 2.89. The van der Waals surface area contributed by atoms with Crippen molar-refractivity contribution in [2.45, 2.75) is 26.2 Å². The van der Waals surface area contributed by atoms with Gasteiger partial charge in [-0.3, -0.25) is 0 Å². The molecular formula is C15H22N2. The van der Waals surface area contributed by atoms with E-state index in [0.29, 0.717) is 0 Å². The molecule has 0 spiro atoms. The molecule has 1 N–H and O–H groups in total. The Morgan fingerprint density at radius 1 is 1.24 bits per heavy atom. The van der Waals surface area contributed by atoms with Gasteiger partial charge in [0, 0.05) is 18.6 Å². The van der Waals surface area contributed by atoms with E-state index in [-0.39, 0.29) is 0 Å². The van der Waals surface area contributed by atoms with Gasteiger partial charge in [0.15, 0.2) is 0 Å². The standard InChI is InChI=1S/C15H22N2/c1-4-12-7-5-9-14-13(8-6-10-16-2)11-17(3)15(12)14/h5,7,9,11,16H,4,6,8,10H2,1-3H3. The molecule has 0 aliphatic heterocycles. The highest BCUT2D eigenvalue weighted by Crippen LogP contribution is 2.25. The molecule has 0 atom stereocenters. The number of aryl methyl sites for hydroxylation is 3. The lowest BCUT2D eigenvalue weighted by Crippen LogP contribution is -2.08. The predicted molar refractivity (Wildman–Crippen MR) is 74.5 cm³/mol. The first-order valence-corrected chi connectivity index (χ1v) is 6.48. The summed E-state index contributed by atoms with van der Waals surface area (Å²) in [6.07, 6.45) is 5.75. The van der Waals surface area contributed by atoms with Gasteiger partial charge < -0.3 is 9.88 Å². The third-order valence-corrected chi connectivity index (χ3v) is 3.42. The number of benzene rings is 1. The van der Waals surface area contributed by atoms with Crippen LogP contribution in [0.3, 0.4) is 0 Å². The number of nitrogens with zero attached hydrogens (tertiary/aromatic N) is 1. The number of hydrogen-bond donors (Lipinski definition) is 1. The first kappa shape index (κ1) is 12.2. The molecule has 2 heteroatoms. The van der Waals surface area contributed by atoms with Gasteiger partial charge in [-0.05, 0) is 44.0 Å². The molecule has 0 fully saturated rings. The third kappa shape index (κ3) is 2.37. The lowest BCUT2D eigenvalue weighted by Gasteiger charge is -2.03. The number of nitrogens with one attached hydrogen (secondary N) is 1. The summed E-state index contributed by atoms with van der Waals surface area (Å²) in [6.45, 7) is 3.31. The Kier molecular flexibility index (Phi) is 3.85. The van der Waals surface area contributed by atoms with Crippen molar-refractivity contribution in [3.63, 3.8) is 0 Å². The van der Waals surface area contributed by atoms with Gasteiger partial charge in [-0.15, -0.1) is 0 Å². The fraction of sp³-hybridized carbons (Fsp3) is 0.467. The molecule has 0 saturated heterocycles. The van der Waals surface area contributed by atoms with E-state index in [9.17, 15) is 0 Å². The number of rotatable bonds is 5. The van der Waals surface area contributed by atoms with Gasteiger partial charge in [0.2, 0.25) is 0 Å². The molecule has 0 aliphatic rings. The molecule has 2 nitrogen and oxygen atoms in total. The molecule has 0 aliphatic carbocycles. The summed E-state index contributed by atoms with van der Waals surface area (Å²) in [7, 11) is 4.17. The SMILES string of the molecule is CCc1cccc2c(CCCNC)cn(C)c12. The zero-order valence-electron chi connectivity index (χ0n) is 11.1. The van der Waals surface area contributed by atoms with E-state index < -0.39 is 0 Å². The second-order valence-corrected chi connectivity index (χ2v) is 4.64. The van der Waals surface area contributed by atoms with Crippen molar-refractivity contribution in [3.8, 4) is 0 Å². The molecule has 0 radical (unpaired) electrons. The number of aromatic nitrogens is 1. The molecule has 0 amide bonds. The number of para-hydroxylation sites is 1. The second kappa shape index (κ2) is 5.37. The van der Waals surface area contributed by atoms with Crippen LogP contribution in [0, 0.1) is 0 Å². The van der Waals surface area contributed by atoms with Crippen molar-refractivity contribution in [2.24, 2.45) is 7.05 Å². The lowest BCUT2D eigenvalue weighted by atomic mass is 10.0. The van der Waals surface area contributed by atoms with E-state index >= 15 is 0 Å². The van der Waals surface area contributed by atoms with Crippen LogP contribution in [0.4, 0.5) is 0 Å². The molecule has 0 saturated carbocycles. The Hall–Kier alpha value is -1.28. The van der Waals surface area contributed by atoms with E-state index in [1.807, 2.05) is 7.05 Å². The van der Waals surface area contributed by atoms with E-state index in [1.54, 1.807) is 0 Å². The van der Waals surface area contributed by atoms with Crippen LogP contribution in [-0.4, -0.2) is 18.2 Å². The summed E-state index contributed by atoms with van der Waals surface area (Å²) in [5.74, 6) is 0. The van der Waals surface area contributed by atoms with Gasteiger partial charge in [-0.1, -0.05) is 25.1 Å². The summed E-state index contributed by atoms with van der Waals surface area (Å²) >= 11 is 0. The Labute approximate surface area is 104 Å². The molecule has 0 unspecified atom stereocenters. The topological polar surface area (TPSA) is 17.0 Å². The fourth-order valence-corrected chi connectivity index (χ4v) is 2.57. The summed E-state index contributed by atoms with van der Waals surface area (Å²) < 4.78 is 2.28. The smallest absolute Gasteiger partial charge is 0.0512 e. The van der Waals surface area contributed by atoms with Crippen LogP contribution in [0.2, 0.25) is 0 Å². The molecule has 1 heterocycles. The van der Waals surface area contributed by atoms with Crippen molar-refractivity contribution in [2.75, 3.05) is 13.6 Å². The van der Waals surface area contributed by atoms with Crippen LogP contribution < -0.4 is 5.32 Å². The molecule has 17 heavy (non-hydrogen) atoms. The first-order valence-electron chi connectivity index (χ1n) is 6.48. The van der Waals surface area contributed by atoms with Crippen molar-refractivity contribution < 1.29 is 0 Å². The minimum absolute atomic E-state index is 1.09. The quantitative estimate of drug-likeness (QED) is 0.782. The Morgan fingerprint density at radius 2 is 2.06 bits per heavy atom. The normalized spacial score (nSPS) is 11.2. The lowest BCUT2D eigenvalue weighted by molar-refractivity contribution is 0.725. The zero-order valence-corrected chi connectivity index (χ0v) is 11.1. The van der Waals surface area contributed by atoms with Crippen LogP contribution in [0.25, 0.3) is 10.9 Å². The second-order valence-electron chi connectivity index (χ2n) is 4.64. The van der Waals surface area contributed by atoms with Crippen LogP contribution in [0.1, 0.15) is 24.5 Å². The Bertz CT molecular complexity index is 497. The van der Waals surface area contributed by atoms with Gasteiger partial charge in [0.25, 0.3) is 0 Å². The highest BCUT2D eigenvalue weighted by atomic mass is 14.9. The van der Waals surface area contributed by atoms with Crippen LogP contribution in [0.15, 0.2) is 24.4 Å². The highest BCUT2D eigenvalue weighted by molar-refractivity contribution is 5.86. The Morgan fingerprint density at radius 3 is 2.76 bits per heavy atom. The monoisotopic (exact) mass is 230 g/mol. The van der Waals surface area contributed by atoms with Gasteiger partial charge in [-0.25, -0.2) is 0 Å². The van der Waals surface area contributed by atoms with Gasteiger partial charge in [0.1, 0.15) is 0 Å². The molecular weight excluding hydrogens is 208 g/mol. The van der Waals surface area contributed by atoms with Crippen LogP contribution in [-0.2, 0) is 19.9 Å². The summed E-state index contributed by atoms with van der Waals surface area (Å²) in [6, 6.07) is 6.67. The van der Waals surface area contributed by atoms with E-state index in [4.69, 9.17) is 0 Å². The van der Waals surface area contributed by atoms with E-state index in [1.165, 1.54) is 28.5 Å². The summed E-state index contributed by atoms with van der Waals surface area (Å²) in [5.41, 5.74) is 4.34. The highest BCUT2D eigenvalue weighted by Gasteiger charge is 2.08. The molecule has 2 aromatic rings. The van der Waals surface area contributed by atoms with Gasteiger partial charge in [-0.2, -0.15) is 0 Å². The van der Waals surface area contributed by atoms with E-state index in [2.05, 4.69) is 48.3 Å². The fourth-order valence-electron chi connectivity index (χ4n) is 2.57. The Balaban J connectivity index is 2.38. The maximum absolute atomic E-state index is 3.21. The summed E-state index contributed by atoms with van der Waals surface area (Å²) in [4.78, 5) is 0. The minimum atomic E-state index is 1.09. The average molecular weight is 230 g/mol. The molecule has 1 aromatic carbocycles. The zero-order chi connectivity index (χ0) is 12.3. The third-order valence-electron chi connectivity index (χ3n) is 3.42. The minimum Gasteiger partial charge on any atom is -0.350 e. The van der Waals surface area contributed by atoms with Crippen molar-refractivity contribution >= 4 is 10.9 Å². The molecule has 2 rings (SSSR count). The number of fused-ring (bicyclic) bond motifs is 1. The van der Waals surface area contributed by atoms with Crippen LogP contribution in [0.5, 0.6) is 0 Å². The maximum atomic E-state index is 3.21. The largest absolute Gasteiger partial charge is 0.350 e. The molecule has 0 bridgehead atoms. The van der Waals surface area contributed by atoms with E-state index in [0.717, 1.165) is 19.4 Å².